The summed E-state index contributed by atoms with van der Waals surface area (Å²) >= 11 is 0. The summed E-state index contributed by atoms with van der Waals surface area (Å²) in [6, 6.07) is 7.70. The zero-order valence-corrected chi connectivity index (χ0v) is 14.8. The van der Waals surface area contributed by atoms with Crippen LogP contribution in [0.3, 0.4) is 0 Å². The number of nitro groups is 1. The molecule has 1 aromatic rings. The third-order valence-corrected chi connectivity index (χ3v) is 6.60. The Labute approximate surface area is 149 Å². The van der Waals surface area contributed by atoms with Crippen molar-refractivity contribution >= 4 is 11.4 Å². The van der Waals surface area contributed by atoms with E-state index >= 15 is 0 Å². The van der Waals surface area contributed by atoms with Crippen LogP contribution in [0.25, 0.3) is 0 Å². The van der Waals surface area contributed by atoms with Gasteiger partial charge in [0.05, 0.1) is 4.92 Å². The highest BCUT2D eigenvalue weighted by Gasteiger charge is 2.38. The maximum Gasteiger partial charge on any atom is 0.269 e. The SMILES string of the molecule is O=[N+]([O-])c1ccc(N2CCC(N3CCC4(CCNC4)CC3)CC2)cc1. The summed E-state index contributed by atoms with van der Waals surface area (Å²) in [5.41, 5.74) is 1.87. The zero-order valence-electron chi connectivity index (χ0n) is 14.8. The molecule has 25 heavy (non-hydrogen) atoms. The summed E-state index contributed by atoms with van der Waals surface area (Å²) in [5.74, 6) is 0. The quantitative estimate of drug-likeness (QED) is 0.675. The number of likely N-dealkylation sites (tertiary alicyclic amines) is 1. The molecule has 0 unspecified atom stereocenters. The molecule has 3 aliphatic rings. The van der Waals surface area contributed by atoms with E-state index in [4.69, 9.17) is 0 Å². The molecular formula is C19H28N4O2. The third-order valence-electron chi connectivity index (χ3n) is 6.60. The van der Waals surface area contributed by atoms with Crippen LogP contribution >= 0.6 is 0 Å². The van der Waals surface area contributed by atoms with Crippen molar-refractivity contribution in [1.82, 2.24) is 10.2 Å². The van der Waals surface area contributed by atoms with Gasteiger partial charge in [0.1, 0.15) is 0 Å². The summed E-state index contributed by atoms with van der Waals surface area (Å²) in [4.78, 5) is 15.5. The Morgan fingerprint density at radius 3 is 2.28 bits per heavy atom. The smallest absolute Gasteiger partial charge is 0.269 e. The van der Waals surface area contributed by atoms with E-state index in [0.29, 0.717) is 11.5 Å². The van der Waals surface area contributed by atoms with E-state index in [2.05, 4.69) is 15.1 Å². The van der Waals surface area contributed by atoms with Crippen LogP contribution in [-0.2, 0) is 0 Å². The molecule has 0 amide bonds. The van der Waals surface area contributed by atoms with Gasteiger partial charge in [-0.3, -0.25) is 10.1 Å². The minimum atomic E-state index is -0.334. The second-order valence-electron chi connectivity index (χ2n) is 7.95. The molecule has 3 saturated heterocycles. The standard InChI is InChI=1S/C19H28N4O2/c24-23(25)18-3-1-16(2-4-18)21-11-5-17(6-12-21)22-13-8-19(9-14-22)7-10-20-15-19/h1-4,17,20H,5-15H2. The summed E-state index contributed by atoms with van der Waals surface area (Å²) in [5, 5.41) is 14.3. The maximum absolute atomic E-state index is 10.8. The Balaban J connectivity index is 1.29. The van der Waals surface area contributed by atoms with Crippen LogP contribution in [0, 0.1) is 15.5 Å². The summed E-state index contributed by atoms with van der Waals surface area (Å²) in [7, 11) is 0. The monoisotopic (exact) mass is 344 g/mol. The first kappa shape index (κ1) is 16.8. The van der Waals surface area contributed by atoms with E-state index < -0.39 is 0 Å². The van der Waals surface area contributed by atoms with Crippen LogP contribution in [0.4, 0.5) is 11.4 Å². The highest BCUT2D eigenvalue weighted by molar-refractivity contribution is 5.51. The molecule has 1 N–H and O–H groups in total. The van der Waals surface area contributed by atoms with Crippen LogP contribution in [-0.4, -0.2) is 55.1 Å². The number of benzene rings is 1. The largest absolute Gasteiger partial charge is 0.371 e. The van der Waals surface area contributed by atoms with E-state index in [-0.39, 0.29) is 10.6 Å². The van der Waals surface area contributed by atoms with Crippen LogP contribution in [0.2, 0.25) is 0 Å². The van der Waals surface area contributed by atoms with E-state index in [0.717, 1.165) is 18.8 Å². The molecule has 1 spiro atoms. The molecule has 3 aliphatic heterocycles. The van der Waals surface area contributed by atoms with Crippen LogP contribution < -0.4 is 10.2 Å². The predicted octanol–water partition coefficient (Wildman–Crippen LogP) is 2.64. The molecule has 0 aromatic heterocycles. The van der Waals surface area contributed by atoms with Gasteiger partial charge >= 0.3 is 0 Å². The van der Waals surface area contributed by atoms with Crippen LogP contribution in [0.1, 0.15) is 32.1 Å². The highest BCUT2D eigenvalue weighted by atomic mass is 16.6. The van der Waals surface area contributed by atoms with E-state index in [1.54, 1.807) is 12.1 Å². The molecule has 3 fully saturated rings. The molecule has 0 aliphatic carbocycles. The molecule has 3 heterocycles. The Morgan fingerprint density at radius 2 is 1.72 bits per heavy atom. The fourth-order valence-electron chi connectivity index (χ4n) is 4.86. The van der Waals surface area contributed by atoms with Crippen molar-refractivity contribution in [3.63, 3.8) is 0 Å². The second-order valence-corrected chi connectivity index (χ2v) is 7.95. The van der Waals surface area contributed by atoms with E-state index in [9.17, 15) is 10.1 Å². The first-order valence-corrected chi connectivity index (χ1v) is 9.59. The molecule has 136 valence electrons. The van der Waals surface area contributed by atoms with Gasteiger partial charge in [-0.2, -0.15) is 0 Å². The number of piperidine rings is 2. The van der Waals surface area contributed by atoms with Crippen LogP contribution in [0.15, 0.2) is 24.3 Å². The molecular weight excluding hydrogens is 316 g/mol. The lowest BCUT2D eigenvalue weighted by Crippen LogP contribution is -2.50. The fourth-order valence-corrected chi connectivity index (χ4v) is 4.86. The average Bonchev–Trinajstić information content (AvgIpc) is 3.11. The number of rotatable bonds is 3. The lowest BCUT2D eigenvalue weighted by molar-refractivity contribution is -0.384. The lowest BCUT2D eigenvalue weighted by Gasteiger charge is -2.45. The summed E-state index contributed by atoms with van der Waals surface area (Å²) < 4.78 is 0. The van der Waals surface area contributed by atoms with Gasteiger partial charge in [-0.05, 0) is 69.3 Å². The molecule has 6 nitrogen and oxygen atoms in total. The molecule has 0 radical (unpaired) electrons. The lowest BCUT2D eigenvalue weighted by atomic mass is 9.77. The third kappa shape index (κ3) is 3.51. The van der Waals surface area contributed by atoms with Gasteiger partial charge in [-0.1, -0.05) is 0 Å². The number of anilines is 1. The Hall–Kier alpha value is -1.66. The highest BCUT2D eigenvalue weighted by Crippen LogP contribution is 2.38. The number of hydrogen-bond acceptors (Lipinski definition) is 5. The molecule has 0 bridgehead atoms. The van der Waals surface area contributed by atoms with Gasteiger partial charge in [0.25, 0.3) is 5.69 Å². The normalized spacial score (nSPS) is 24.7. The summed E-state index contributed by atoms with van der Waals surface area (Å²) in [6.45, 7) is 7.03. The van der Waals surface area contributed by atoms with E-state index in [1.807, 2.05) is 12.1 Å². The Morgan fingerprint density at radius 1 is 1.04 bits per heavy atom. The Kier molecular flexibility index (Phi) is 4.65. The van der Waals surface area contributed by atoms with Crippen molar-refractivity contribution < 1.29 is 4.92 Å². The van der Waals surface area contributed by atoms with Crippen molar-refractivity contribution in [3.05, 3.63) is 34.4 Å². The molecule has 4 rings (SSSR count). The predicted molar refractivity (Wildman–Crippen MR) is 99.1 cm³/mol. The topological polar surface area (TPSA) is 61.7 Å². The van der Waals surface area contributed by atoms with Gasteiger partial charge in [0, 0.05) is 43.5 Å². The minimum absolute atomic E-state index is 0.169. The number of nitro benzene ring substituents is 1. The van der Waals surface area contributed by atoms with Gasteiger partial charge in [0.15, 0.2) is 0 Å². The maximum atomic E-state index is 10.8. The number of nitrogens with zero attached hydrogens (tertiary/aromatic N) is 3. The van der Waals surface area contributed by atoms with Crippen LogP contribution in [0.5, 0.6) is 0 Å². The summed E-state index contributed by atoms with van der Waals surface area (Å²) in [6.07, 6.45) is 6.45. The first-order chi connectivity index (χ1) is 12.2. The van der Waals surface area contributed by atoms with Crippen molar-refractivity contribution in [1.29, 1.82) is 0 Å². The molecule has 0 atom stereocenters. The Bertz CT molecular complexity index is 594. The van der Waals surface area contributed by atoms with Gasteiger partial charge in [-0.25, -0.2) is 0 Å². The average molecular weight is 344 g/mol. The zero-order chi connectivity index (χ0) is 17.3. The second kappa shape index (κ2) is 6.92. The first-order valence-electron chi connectivity index (χ1n) is 9.59. The van der Waals surface area contributed by atoms with Gasteiger partial charge < -0.3 is 15.1 Å². The molecule has 0 saturated carbocycles. The van der Waals surface area contributed by atoms with Crippen molar-refractivity contribution in [3.8, 4) is 0 Å². The minimum Gasteiger partial charge on any atom is -0.371 e. The fraction of sp³-hybridized carbons (Fsp3) is 0.684. The van der Waals surface area contributed by atoms with Crippen molar-refractivity contribution in [2.24, 2.45) is 5.41 Å². The van der Waals surface area contributed by atoms with Crippen molar-refractivity contribution in [2.75, 3.05) is 44.2 Å². The van der Waals surface area contributed by atoms with E-state index in [1.165, 1.54) is 58.3 Å². The van der Waals surface area contributed by atoms with Gasteiger partial charge in [0.2, 0.25) is 0 Å². The number of nitrogens with one attached hydrogen (secondary N) is 1. The molecule has 1 aromatic carbocycles. The number of hydrogen-bond donors (Lipinski definition) is 1. The molecule has 6 heteroatoms. The van der Waals surface area contributed by atoms with Crippen molar-refractivity contribution in [2.45, 2.75) is 38.1 Å². The van der Waals surface area contributed by atoms with Gasteiger partial charge in [-0.15, -0.1) is 0 Å². The number of non-ortho nitro benzene ring substituents is 1.